The van der Waals surface area contributed by atoms with Crippen LogP contribution in [0, 0.1) is 21.4 Å². The first kappa shape index (κ1) is 13.9. The van der Waals surface area contributed by atoms with Crippen molar-refractivity contribution in [3.63, 3.8) is 0 Å². The molecule has 0 unspecified atom stereocenters. The minimum absolute atomic E-state index is 0.0151. The van der Waals surface area contributed by atoms with Gasteiger partial charge in [0.05, 0.1) is 24.7 Å². The van der Waals surface area contributed by atoms with Crippen LogP contribution in [0.4, 0.5) is 11.4 Å². The average molecular weight is 251 g/mol. The fourth-order valence-electron chi connectivity index (χ4n) is 1.33. The summed E-state index contributed by atoms with van der Waals surface area (Å²) < 4.78 is 5.04. The summed E-state index contributed by atoms with van der Waals surface area (Å²) in [6, 6.07) is 6.02. The third kappa shape index (κ3) is 4.01. The lowest BCUT2D eigenvalue weighted by atomic mass is 10.2. The molecular weight excluding hydrogens is 238 g/mol. The van der Waals surface area contributed by atoms with E-state index in [1.165, 1.54) is 18.2 Å². The smallest absolute Gasteiger partial charge is 0.287 e. The number of nitriles is 1. The molecule has 0 heterocycles. The van der Waals surface area contributed by atoms with Crippen LogP contribution in [0.15, 0.2) is 18.2 Å². The molecule has 18 heavy (non-hydrogen) atoms. The summed E-state index contributed by atoms with van der Waals surface area (Å²) >= 11 is 0. The molecule has 0 atom stereocenters. The van der Waals surface area contributed by atoms with Gasteiger partial charge < -0.3 is 15.2 Å². The van der Waals surface area contributed by atoms with E-state index in [1.807, 2.05) is 0 Å². The van der Waals surface area contributed by atoms with Crippen LogP contribution >= 0.6 is 0 Å². The number of anilines is 1. The van der Waals surface area contributed by atoms with E-state index in [-0.39, 0.29) is 24.5 Å². The maximum Gasteiger partial charge on any atom is 0.287 e. The summed E-state index contributed by atoms with van der Waals surface area (Å²) in [5.74, 6) is 0. The monoisotopic (exact) mass is 251 g/mol. The number of aliphatic hydroxyl groups is 1. The SMILES string of the molecule is N#Cc1cc(NCCOCCO)ccc1[N+](=O)[O-]. The molecule has 7 heteroatoms. The van der Waals surface area contributed by atoms with Gasteiger partial charge in [-0.25, -0.2) is 0 Å². The predicted molar refractivity (Wildman–Crippen MR) is 64.2 cm³/mol. The number of nitrogens with zero attached hydrogens (tertiary/aromatic N) is 2. The summed E-state index contributed by atoms with van der Waals surface area (Å²) in [5, 5.41) is 30.9. The van der Waals surface area contributed by atoms with Gasteiger partial charge in [-0.15, -0.1) is 0 Å². The number of benzene rings is 1. The molecule has 0 bridgehead atoms. The van der Waals surface area contributed by atoms with Crippen LogP contribution in [0.5, 0.6) is 0 Å². The number of rotatable bonds is 7. The second-order valence-corrected chi connectivity index (χ2v) is 3.36. The van der Waals surface area contributed by atoms with Gasteiger partial charge in [0.2, 0.25) is 0 Å². The van der Waals surface area contributed by atoms with E-state index >= 15 is 0 Å². The molecule has 0 spiro atoms. The molecule has 7 nitrogen and oxygen atoms in total. The lowest BCUT2D eigenvalue weighted by Crippen LogP contribution is -2.11. The first-order valence-corrected chi connectivity index (χ1v) is 5.30. The third-order valence-corrected chi connectivity index (χ3v) is 2.12. The molecule has 1 aromatic carbocycles. The number of hydrogen-bond acceptors (Lipinski definition) is 6. The standard InChI is InChI=1S/C11H13N3O4/c12-8-9-7-10(1-2-11(9)14(16)17)13-3-5-18-6-4-15/h1-2,7,13,15H,3-6H2. The zero-order valence-corrected chi connectivity index (χ0v) is 9.63. The van der Waals surface area contributed by atoms with Crippen LogP contribution in [0.1, 0.15) is 5.56 Å². The summed E-state index contributed by atoms with van der Waals surface area (Å²) in [6.07, 6.45) is 0. The van der Waals surface area contributed by atoms with Crippen LogP contribution in [-0.4, -0.2) is 36.4 Å². The molecule has 1 aromatic rings. The van der Waals surface area contributed by atoms with Crippen LogP contribution in [0.3, 0.4) is 0 Å². The van der Waals surface area contributed by atoms with Crippen molar-refractivity contribution in [1.82, 2.24) is 0 Å². The van der Waals surface area contributed by atoms with Gasteiger partial charge in [0, 0.05) is 18.3 Å². The van der Waals surface area contributed by atoms with E-state index in [1.54, 1.807) is 6.07 Å². The number of nitro benzene ring substituents is 1. The molecule has 1 rings (SSSR count). The highest BCUT2D eigenvalue weighted by Gasteiger charge is 2.13. The van der Waals surface area contributed by atoms with E-state index in [0.717, 1.165) is 0 Å². The fraction of sp³-hybridized carbons (Fsp3) is 0.364. The Hall–Kier alpha value is -2.17. The molecule has 0 aliphatic rings. The molecule has 0 fully saturated rings. The Morgan fingerprint density at radius 2 is 2.28 bits per heavy atom. The third-order valence-electron chi connectivity index (χ3n) is 2.12. The Morgan fingerprint density at radius 3 is 2.89 bits per heavy atom. The van der Waals surface area contributed by atoms with Crippen molar-refractivity contribution in [2.75, 3.05) is 31.7 Å². The Labute approximate surface area is 104 Å². The van der Waals surface area contributed by atoms with Crippen molar-refractivity contribution in [1.29, 1.82) is 5.26 Å². The van der Waals surface area contributed by atoms with Gasteiger partial charge in [-0.2, -0.15) is 5.26 Å². The van der Waals surface area contributed by atoms with Gasteiger partial charge >= 0.3 is 0 Å². The molecule has 96 valence electrons. The van der Waals surface area contributed by atoms with Gasteiger partial charge in [0.1, 0.15) is 11.6 Å². The molecule has 0 aromatic heterocycles. The number of hydrogen-bond donors (Lipinski definition) is 2. The fourth-order valence-corrected chi connectivity index (χ4v) is 1.33. The number of ether oxygens (including phenoxy) is 1. The van der Waals surface area contributed by atoms with E-state index < -0.39 is 4.92 Å². The van der Waals surface area contributed by atoms with Gasteiger partial charge in [-0.3, -0.25) is 10.1 Å². The predicted octanol–water partition coefficient (Wildman–Crippen LogP) is 0.887. The molecule has 0 aliphatic carbocycles. The van der Waals surface area contributed by atoms with Crippen molar-refractivity contribution in [2.45, 2.75) is 0 Å². The molecule has 2 N–H and O–H groups in total. The van der Waals surface area contributed by atoms with Crippen molar-refractivity contribution in [3.05, 3.63) is 33.9 Å². The normalized spacial score (nSPS) is 9.78. The van der Waals surface area contributed by atoms with Crippen molar-refractivity contribution >= 4 is 11.4 Å². The highest BCUT2D eigenvalue weighted by molar-refractivity contribution is 5.58. The zero-order chi connectivity index (χ0) is 13.4. The van der Waals surface area contributed by atoms with E-state index in [4.69, 9.17) is 15.1 Å². The van der Waals surface area contributed by atoms with Crippen molar-refractivity contribution in [3.8, 4) is 6.07 Å². The Kier molecular flexibility index (Phi) is 5.57. The Bertz CT molecular complexity index is 456. The zero-order valence-electron chi connectivity index (χ0n) is 9.63. The Morgan fingerprint density at radius 1 is 1.50 bits per heavy atom. The van der Waals surface area contributed by atoms with Gasteiger partial charge in [0.25, 0.3) is 5.69 Å². The molecule has 0 amide bonds. The first-order valence-electron chi connectivity index (χ1n) is 5.30. The van der Waals surface area contributed by atoms with Crippen LogP contribution < -0.4 is 5.32 Å². The molecule has 0 aliphatic heterocycles. The van der Waals surface area contributed by atoms with E-state index in [0.29, 0.717) is 18.8 Å². The summed E-state index contributed by atoms with van der Waals surface area (Å²) in [7, 11) is 0. The molecule has 0 saturated carbocycles. The lowest BCUT2D eigenvalue weighted by Gasteiger charge is -2.07. The second-order valence-electron chi connectivity index (χ2n) is 3.36. The Balaban J connectivity index is 2.58. The average Bonchev–Trinajstić information content (AvgIpc) is 2.38. The number of nitrogens with one attached hydrogen (secondary N) is 1. The van der Waals surface area contributed by atoms with E-state index in [9.17, 15) is 10.1 Å². The van der Waals surface area contributed by atoms with Crippen LogP contribution in [0.25, 0.3) is 0 Å². The summed E-state index contributed by atoms with van der Waals surface area (Å²) in [4.78, 5) is 10.0. The second kappa shape index (κ2) is 7.21. The van der Waals surface area contributed by atoms with E-state index in [2.05, 4.69) is 5.32 Å². The molecule has 0 radical (unpaired) electrons. The minimum atomic E-state index is -0.591. The lowest BCUT2D eigenvalue weighted by molar-refractivity contribution is -0.385. The highest BCUT2D eigenvalue weighted by atomic mass is 16.6. The van der Waals surface area contributed by atoms with Gasteiger partial charge in [0.15, 0.2) is 0 Å². The quantitative estimate of drug-likeness (QED) is 0.423. The molecule has 0 saturated heterocycles. The largest absolute Gasteiger partial charge is 0.394 e. The van der Waals surface area contributed by atoms with Crippen molar-refractivity contribution in [2.24, 2.45) is 0 Å². The van der Waals surface area contributed by atoms with Gasteiger partial charge in [-0.1, -0.05) is 0 Å². The topological polar surface area (TPSA) is 108 Å². The van der Waals surface area contributed by atoms with Crippen LogP contribution in [0.2, 0.25) is 0 Å². The van der Waals surface area contributed by atoms with Crippen molar-refractivity contribution < 1.29 is 14.8 Å². The first-order chi connectivity index (χ1) is 8.69. The number of aliphatic hydroxyl groups excluding tert-OH is 1. The van der Waals surface area contributed by atoms with Crippen LogP contribution in [-0.2, 0) is 4.74 Å². The maximum absolute atomic E-state index is 10.6. The summed E-state index contributed by atoms with van der Waals surface area (Å²) in [5.41, 5.74) is 0.422. The summed E-state index contributed by atoms with van der Waals surface area (Å²) in [6.45, 7) is 1.13. The highest BCUT2D eigenvalue weighted by Crippen LogP contribution is 2.21. The van der Waals surface area contributed by atoms with Gasteiger partial charge in [-0.05, 0) is 12.1 Å². The number of nitro groups is 1. The maximum atomic E-state index is 10.6. The molecular formula is C11H13N3O4. The minimum Gasteiger partial charge on any atom is -0.394 e.